The number of hydrogen-bond donors (Lipinski definition) is 1. The van der Waals surface area contributed by atoms with Crippen LogP contribution in [-0.2, 0) is 0 Å². The summed E-state index contributed by atoms with van der Waals surface area (Å²) in [4.78, 5) is 3.32. The fourth-order valence-electron chi connectivity index (χ4n) is 3.31. The zero-order valence-electron chi connectivity index (χ0n) is 10.9. The van der Waals surface area contributed by atoms with Crippen LogP contribution in [0.4, 0.5) is 0 Å². The molecule has 0 aliphatic heterocycles. The fourth-order valence-corrected chi connectivity index (χ4v) is 3.68. The summed E-state index contributed by atoms with van der Waals surface area (Å²) in [7, 11) is 0. The Morgan fingerprint density at radius 2 is 1.94 bits per heavy atom. The van der Waals surface area contributed by atoms with Gasteiger partial charge < -0.3 is 9.55 Å². The predicted molar refractivity (Wildman–Crippen MR) is 78.4 cm³/mol. The molecule has 1 aromatic carbocycles. The summed E-state index contributed by atoms with van der Waals surface area (Å²) in [5.74, 6) is 0.782. The molecule has 2 aromatic rings. The van der Waals surface area contributed by atoms with Crippen molar-refractivity contribution in [1.29, 1.82) is 0 Å². The first-order valence-electron chi connectivity index (χ1n) is 6.96. The molecule has 0 bridgehead atoms. The van der Waals surface area contributed by atoms with E-state index < -0.39 is 0 Å². The minimum absolute atomic E-state index is 0.508. The number of H-pyrrole nitrogens is 1. The molecule has 1 heterocycles. The zero-order chi connectivity index (χ0) is 12.5. The van der Waals surface area contributed by atoms with Crippen molar-refractivity contribution < 1.29 is 0 Å². The predicted octanol–water partition coefficient (Wildman–Crippen LogP) is 4.84. The minimum Gasteiger partial charge on any atom is -0.331 e. The van der Waals surface area contributed by atoms with Crippen LogP contribution in [0.15, 0.2) is 24.3 Å². The number of aromatic amines is 1. The van der Waals surface area contributed by atoms with Crippen LogP contribution in [0.3, 0.4) is 0 Å². The Morgan fingerprint density at radius 1 is 1.22 bits per heavy atom. The molecule has 3 rings (SSSR count). The van der Waals surface area contributed by atoms with Crippen molar-refractivity contribution in [3.63, 3.8) is 0 Å². The third kappa shape index (κ3) is 2.01. The van der Waals surface area contributed by atoms with Crippen molar-refractivity contribution in [2.75, 3.05) is 0 Å². The largest absolute Gasteiger partial charge is 0.331 e. The number of para-hydroxylation sites is 2. The highest BCUT2D eigenvalue weighted by Crippen LogP contribution is 2.34. The number of nitrogens with zero attached hydrogens (tertiary/aromatic N) is 1. The van der Waals surface area contributed by atoms with Gasteiger partial charge in [0.15, 0.2) is 4.77 Å². The van der Waals surface area contributed by atoms with Crippen LogP contribution in [0, 0.1) is 10.7 Å². The highest BCUT2D eigenvalue weighted by molar-refractivity contribution is 7.71. The molecule has 0 radical (unpaired) electrons. The van der Waals surface area contributed by atoms with Crippen LogP contribution in [0.1, 0.15) is 45.1 Å². The first kappa shape index (κ1) is 12.0. The highest BCUT2D eigenvalue weighted by atomic mass is 32.1. The fraction of sp³-hybridized carbons (Fsp3) is 0.533. The standard InChI is InChI=1S/C15H20N2S/c1-11(12-7-3-2-4-8-12)17-14-10-6-5-9-13(14)16-15(17)18/h5-6,9-12H,2-4,7-8H2,1H3,(H,16,18). The van der Waals surface area contributed by atoms with Gasteiger partial charge in [-0.1, -0.05) is 31.4 Å². The minimum atomic E-state index is 0.508. The Bertz CT molecular complexity index is 590. The Labute approximate surface area is 113 Å². The molecule has 0 saturated heterocycles. The summed E-state index contributed by atoms with van der Waals surface area (Å²) >= 11 is 5.51. The first-order valence-corrected chi connectivity index (χ1v) is 7.37. The van der Waals surface area contributed by atoms with E-state index in [2.05, 4.69) is 40.7 Å². The topological polar surface area (TPSA) is 20.7 Å². The van der Waals surface area contributed by atoms with Gasteiger partial charge in [-0.25, -0.2) is 0 Å². The lowest BCUT2D eigenvalue weighted by atomic mass is 9.84. The Balaban J connectivity index is 2.02. The summed E-state index contributed by atoms with van der Waals surface area (Å²) in [6.45, 7) is 2.33. The molecule has 1 atom stereocenters. The third-order valence-electron chi connectivity index (χ3n) is 4.36. The number of nitrogens with one attached hydrogen (secondary N) is 1. The molecule has 1 fully saturated rings. The van der Waals surface area contributed by atoms with E-state index in [9.17, 15) is 0 Å². The van der Waals surface area contributed by atoms with Gasteiger partial charge in [-0.3, -0.25) is 0 Å². The van der Waals surface area contributed by atoms with Crippen LogP contribution in [0.2, 0.25) is 0 Å². The number of fused-ring (bicyclic) bond motifs is 1. The molecule has 0 amide bonds. The Kier molecular flexibility index (Phi) is 3.25. The van der Waals surface area contributed by atoms with Crippen molar-refractivity contribution in [1.82, 2.24) is 9.55 Å². The molecule has 1 aliphatic rings. The molecule has 3 heteroatoms. The second-order valence-electron chi connectivity index (χ2n) is 5.46. The number of hydrogen-bond acceptors (Lipinski definition) is 1. The smallest absolute Gasteiger partial charge is 0.178 e. The van der Waals surface area contributed by atoms with Crippen LogP contribution < -0.4 is 0 Å². The first-order chi connectivity index (χ1) is 8.77. The van der Waals surface area contributed by atoms with Gasteiger partial charge in [-0.15, -0.1) is 0 Å². The number of aromatic nitrogens is 2. The molecule has 1 aliphatic carbocycles. The monoisotopic (exact) mass is 260 g/mol. The quantitative estimate of drug-likeness (QED) is 0.766. The number of imidazole rings is 1. The molecule has 2 nitrogen and oxygen atoms in total. The van der Waals surface area contributed by atoms with Gasteiger partial charge in [0, 0.05) is 6.04 Å². The molecular weight excluding hydrogens is 240 g/mol. The number of rotatable bonds is 2. The van der Waals surface area contributed by atoms with Gasteiger partial charge in [-0.2, -0.15) is 0 Å². The van der Waals surface area contributed by atoms with E-state index in [4.69, 9.17) is 12.2 Å². The van der Waals surface area contributed by atoms with Gasteiger partial charge in [0.05, 0.1) is 11.0 Å². The van der Waals surface area contributed by atoms with Gasteiger partial charge in [0.1, 0.15) is 0 Å². The maximum Gasteiger partial charge on any atom is 0.178 e. The molecule has 1 unspecified atom stereocenters. The van der Waals surface area contributed by atoms with Crippen molar-refractivity contribution in [2.45, 2.75) is 45.1 Å². The highest BCUT2D eigenvalue weighted by Gasteiger charge is 2.23. The molecule has 1 N–H and O–H groups in total. The van der Waals surface area contributed by atoms with Crippen molar-refractivity contribution >= 4 is 23.3 Å². The van der Waals surface area contributed by atoms with E-state index in [1.807, 2.05) is 0 Å². The maximum atomic E-state index is 5.51. The van der Waals surface area contributed by atoms with Gasteiger partial charge in [0.25, 0.3) is 0 Å². The Hall–Kier alpha value is -1.09. The summed E-state index contributed by atoms with van der Waals surface area (Å²) in [5.41, 5.74) is 2.41. The summed E-state index contributed by atoms with van der Waals surface area (Å²) in [6.07, 6.45) is 6.86. The Morgan fingerprint density at radius 3 is 2.72 bits per heavy atom. The molecular formula is C15H20N2S. The lowest BCUT2D eigenvalue weighted by Gasteiger charge is -2.29. The van der Waals surface area contributed by atoms with E-state index in [-0.39, 0.29) is 0 Å². The summed E-state index contributed by atoms with van der Waals surface area (Å²) in [5, 5.41) is 0. The molecule has 1 aromatic heterocycles. The third-order valence-corrected chi connectivity index (χ3v) is 4.66. The van der Waals surface area contributed by atoms with Crippen molar-refractivity contribution in [3.05, 3.63) is 29.0 Å². The van der Waals surface area contributed by atoms with Crippen LogP contribution in [0.5, 0.6) is 0 Å². The van der Waals surface area contributed by atoms with E-state index >= 15 is 0 Å². The SMILES string of the molecule is CC(C1CCCCC1)n1c(=S)[nH]c2ccccc21. The van der Waals surface area contributed by atoms with E-state index in [0.717, 1.165) is 16.2 Å². The van der Waals surface area contributed by atoms with Crippen molar-refractivity contribution in [2.24, 2.45) is 5.92 Å². The van der Waals surface area contributed by atoms with Crippen molar-refractivity contribution in [3.8, 4) is 0 Å². The molecule has 0 spiro atoms. The summed E-state index contributed by atoms with van der Waals surface area (Å²) < 4.78 is 3.19. The average molecular weight is 260 g/mol. The van der Waals surface area contributed by atoms with Crippen LogP contribution in [-0.4, -0.2) is 9.55 Å². The van der Waals surface area contributed by atoms with E-state index in [1.165, 1.54) is 37.6 Å². The summed E-state index contributed by atoms with van der Waals surface area (Å²) in [6, 6.07) is 8.93. The second kappa shape index (κ2) is 4.88. The lowest BCUT2D eigenvalue weighted by Crippen LogP contribution is -2.19. The van der Waals surface area contributed by atoms with E-state index in [1.54, 1.807) is 0 Å². The second-order valence-corrected chi connectivity index (χ2v) is 5.84. The maximum absolute atomic E-state index is 5.51. The van der Waals surface area contributed by atoms with Gasteiger partial charge >= 0.3 is 0 Å². The van der Waals surface area contributed by atoms with Crippen LogP contribution >= 0.6 is 12.2 Å². The van der Waals surface area contributed by atoms with Gasteiger partial charge in [-0.05, 0) is 50.0 Å². The molecule has 18 heavy (non-hydrogen) atoms. The van der Waals surface area contributed by atoms with Crippen LogP contribution in [0.25, 0.3) is 11.0 Å². The lowest BCUT2D eigenvalue weighted by molar-refractivity contribution is 0.266. The van der Waals surface area contributed by atoms with Gasteiger partial charge in [0.2, 0.25) is 0 Å². The molecule has 1 saturated carbocycles. The van der Waals surface area contributed by atoms with E-state index in [0.29, 0.717) is 6.04 Å². The number of benzene rings is 1. The normalized spacial score (nSPS) is 19.2. The average Bonchev–Trinajstić information content (AvgIpc) is 2.75. The zero-order valence-corrected chi connectivity index (χ0v) is 11.7. The molecule has 96 valence electrons.